The van der Waals surface area contributed by atoms with Crippen molar-refractivity contribution in [1.82, 2.24) is 5.32 Å². The van der Waals surface area contributed by atoms with Crippen LogP contribution in [0.25, 0.3) is 0 Å². The Kier molecular flexibility index (Phi) is 3.50. The molecule has 0 saturated heterocycles. The second-order valence-corrected chi connectivity index (χ2v) is 5.38. The van der Waals surface area contributed by atoms with E-state index < -0.39 is 5.60 Å². The number of benzene rings is 1. The molecule has 0 amide bonds. The lowest BCUT2D eigenvalue weighted by molar-refractivity contribution is 0.0405. The predicted molar refractivity (Wildman–Crippen MR) is 69.9 cm³/mol. The SMILES string of the molecule is CC(NC(C)C(C)(C)O)c1ccc2c(c1)OCO2. The molecule has 1 aromatic rings. The van der Waals surface area contributed by atoms with Gasteiger partial charge in [0.15, 0.2) is 11.5 Å². The summed E-state index contributed by atoms with van der Waals surface area (Å²) in [6.45, 7) is 7.94. The molecule has 1 aromatic carbocycles. The Balaban J connectivity index is 2.07. The highest BCUT2D eigenvalue weighted by atomic mass is 16.7. The van der Waals surface area contributed by atoms with Gasteiger partial charge in [0.1, 0.15) is 0 Å². The van der Waals surface area contributed by atoms with Crippen LogP contribution in [0.15, 0.2) is 18.2 Å². The third-order valence-electron chi connectivity index (χ3n) is 3.46. The van der Waals surface area contributed by atoms with Crippen molar-refractivity contribution >= 4 is 0 Å². The van der Waals surface area contributed by atoms with Gasteiger partial charge in [-0.15, -0.1) is 0 Å². The van der Waals surface area contributed by atoms with Gasteiger partial charge < -0.3 is 19.9 Å². The minimum absolute atomic E-state index is 0.00192. The first-order chi connectivity index (χ1) is 8.38. The fraction of sp³-hybridized carbons (Fsp3) is 0.571. The zero-order chi connectivity index (χ0) is 13.3. The molecule has 2 rings (SSSR count). The van der Waals surface area contributed by atoms with E-state index >= 15 is 0 Å². The Morgan fingerprint density at radius 2 is 1.89 bits per heavy atom. The maximum absolute atomic E-state index is 9.93. The first-order valence-corrected chi connectivity index (χ1v) is 6.26. The van der Waals surface area contributed by atoms with Crippen LogP contribution in [0, 0.1) is 0 Å². The number of ether oxygens (including phenoxy) is 2. The van der Waals surface area contributed by atoms with Crippen molar-refractivity contribution in [3.05, 3.63) is 23.8 Å². The Hall–Kier alpha value is -1.26. The molecule has 18 heavy (non-hydrogen) atoms. The van der Waals surface area contributed by atoms with Gasteiger partial charge in [-0.3, -0.25) is 0 Å². The Bertz CT molecular complexity index is 426. The lowest BCUT2D eigenvalue weighted by Gasteiger charge is -2.30. The molecule has 0 aliphatic carbocycles. The zero-order valence-corrected chi connectivity index (χ0v) is 11.4. The van der Waals surface area contributed by atoms with Gasteiger partial charge in [0.2, 0.25) is 6.79 Å². The van der Waals surface area contributed by atoms with Crippen molar-refractivity contribution in [1.29, 1.82) is 0 Å². The molecule has 1 heterocycles. The predicted octanol–water partition coefficient (Wildman–Crippen LogP) is 2.23. The highest BCUT2D eigenvalue weighted by Gasteiger charge is 2.24. The Morgan fingerprint density at radius 3 is 2.56 bits per heavy atom. The van der Waals surface area contributed by atoms with Crippen molar-refractivity contribution in [3.63, 3.8) is 0 Å². The summed E-state index contributed by atoms with van der Waals surface area (Å²) in [6, 6.07) is 6.06. The van der Waals surface area contributed by atoms with E-state index in [-0.39, 0.29) is 12.1 Å². The average molecular weight is 251 g/mol. The minimum Gasteiger partial charge on any atom is -0.454 e. The number of fused-ring (bicyclic) bond motifs is 1. The van der Waals surface area contributed by atoms with Gasteiger partial charge >= 0.3 is 0 Å². The fourth-order valence-electron chi connectivity index (χ4n) is 1.86. The van der Waals surface area contributed by atoms with Crippen LogP contribution in [-0.4, -0.2) is 23.5 Å². The molecule has 2 atom stereocenters. The number of hydrogen-bond donors (Lipinski definition) is 2. The molecule has 1 aliphatic rings. The summed E-state index contributed by atoms with van der Waals surface area (Å²) >= 11 is 0. The fourth-order valence-corrected chi connectivity index (χ4v) is 1.86. The highest BCUT2D eigenvalue weighted by molar-refractivity contribution is 5.45. The summed E-state index contributed by atoms with van der Waals surface area (Å²) < 4.78 is 10.6. The second kappa shape index (κ2) is 4.78. The molecule has 4 nitrogen and oxygen atoms in total. The van der Waals surface area contributed by atoms with Crippen molar-refractivity contribution in [2.75, 3.05) is 6.79 Å². The maximum Gasteiger partial charge on any atom is 0.231 e. The van der Waals surface area contributed by atoms with Crippen LogP contribution in [0.4, 0.5) is 0 Å². The van der Waals surface area contributed by atoms with Gasteiger partial charge in [0.05, 0.1) is 5.60 Å². The summed E-state index contributed by atoms with van der Waals surface area (Å²) in [4.78, 5) is 0. The normalized spacial score (nSPS) is 17.6. The van der Waals surface area contributed by atoms with Gasteiger partial charge in [0.25, 0.3) is 0 Å². The Morgan fingerprint density at radius 1 is 1.22 bits per heavy atom. The molecule has 2 unspecified atom stereocenters. The number of hydrogen-bond acceptors (Lipinski definition) is 4. The third kappa shape index (κ3) is 2.76. The number of nitrogens with one attached hydrogen (secondary N) is 1. The molecule has 0 bridgehead atoms. The van der Waals surface area contributed by atoms with E-state index in [1.807, 2.05) is 25.1 Å². The largest absolute Gasteiger partial charge is 0.454 e. The second-order valence-electron chi connectivity index (χ2n) is 5.38. The molecule has 0 radical (unpaired) electrons. The van der Waals surface area contributed by atoms with Crippen molar-refractivity contribution in [2.45, 2.75) is 45.4 Å². The smallest absolute Gasteiger partial charge is 0.231 e. The van der Waals surface area contributed by atoms with Gasteiger partial charge in [0, 0.05) is 12.1 Å². The van der Waals surface area contributed by atoms with Crippen molar-refractivity contribution in [3.8, 4) is 11.5 Å². The van der Waals surface area contributed by atoms with Crippen LogP contribution in [0.5, 0.6) is 11.5 Å². The molecular weight excluding hydrogens is 230 g/mol. The summed E-state index contributed by atoms with van der Waals surface area (Å²) in [5.41, 5.74) is 0.375. The van der Waals surface area contributed by atoms with Crippen LogP contribution < -0.4 is 14.8 Å². The van der Waals surface area contributed by atoms with Crippen LogP contribution in [-0.2, 0) is 0 Å². The minimum atomic E-state index is -0.745. The van der Waals surface area contributed by atoms with E-state index in [0.717, 1.165) is 17.1 Å². The summed E-state index contributed by atoms with van der Waals surface area (Å²) in [7, 11) is 0. The monoisotopic (exact) mass is 251 g/mol. The molecule has 100 valence electrons. The zero-order valence-electron chi connectivity index (χ0n) is 11.4. The first kappa shape index (κ1) is 13.2. The van der Waals surface area contributed by atoms with E-state index in [0.29, 0.717) is 6.79 Å². The molecule has 0 fully saturated rings. The third-order valence-corrected chi connectivity index (χ3v) is 3.46. The van der Waals surface area contributed by atoms with Crippen LogP contribution in [0.1, 0.15) is 39.3 Å². The summed E-state index contributed by atoms with van der Waals surface area (Å²) in [6.07, 6.45) is 0. The lowest BCUT2D eigenvalue weighted by Crippen LogP contribution is -2.45. The Labute approximate surface area is 108 Å². The molecule has 0 aromatic heterocycles. The number of rotatable bonds is 4. The van der Waals surface area contributed by atoms with Gasteiger partial charge in [-0.05, 0) is 45.4 Å². The molecule has 0 spiro atoms. The number of aliphatic hydroxyl groups is 1. The van der Waals surface area contributed by atoms with Crippen LogP contribution >= 0.6 is 0 Å². The van der Waals surface area contributed by atoms with E-state index in [1.165, 1.54) is 0 Å². The molecular formula is C14H21NO3. The molecule has 4 heteroatoms. The summed E-state index contributed by atoms with van der Waals surface area (Å²) in [5, 5.41) is 13.3. The van der Waals surface area contributed by atoms with Crippen molar-refractivity contribution < 1.29 is 14.6 Å². The maximum atomic E-state index is 9.93. The van der Waals surface area contributed by atoms with E-state index in [4.69, 9.17) is 9.47 Å². The van der Waals surface area contributed by atoms with E-state index in [2.05, 4.69) is 12.2 Å². The van der Waals surface area contributed by atoms with Gasteiger partial charge in [-0.25, -0.2) is 0 Å². The van der Waals surface area contributed by atoms with Crippen LogP contribution in [0.2, 0.25) is 0 Å². The molecule has 0 saturated carbocycles. The molecule has 2 N–H and O–H groups in total. The van der Waals surface area contributed by atoms with E-state index in [9.17, 15) is 5.11 Å². The summed E-state index contributed by atoms with van der Waals surface area (Å²) in [5.74, 6) is 1.58. The average Bonchev–Trinajstić information content (AvgIpc) is 2.74. The van der Waals surface area contributed by atoms with Crippen LogP contribution in [0.3, 0.4) is 0 Å². The van der Waals surface area contributed by atoms with Gasteiger partial charge in [-0.1, -0.05) is 6.07 Å². The standard InChI is InChI=1S/C14H21NO3/c1-9(15-10(2)14(3,4)16)11-5-6-12-13(7-11)18-8-17-12/h5-7,9-10,15-16H,8H2,1-4H3. The topological polar surface area (TPSA) is 50.7 Å². The van der Waals surface area contributed by atoms with Crippen molar-refractivity contribution in [2.24, 2.45) is 0 Å². The first-order valence-electron chi connectivity index (χ1n) is 6.26. The quantitative estimate of drug-likeness (QED) is 0.861. The lowest BCUT2D eigenvalue weighted by atomic mass is 9.98. The van der Waals surface area contributed by atoms with E-state index in [1.54, 1.807) is 13.8 Å². The highest BCUT2D eigenvalue weighted by Crippen LogP contribution is 2.34. The van der Waals surface area contributed by atoms with Gasteiger partial charge in [-0.2, -0.15) is 0 Å². The molecule has 1 aliphatic heterocycles.